The minimum atomic E-state index is -0.109. The largest absolute Gasteiger partial charge is 0.372 e. The molecule has 3 aromatic rings. The molecule has 7 nitrogen and oxygen atoms in total. The van der Waals surface area contributed by atoms with Crippen LogP contribution in [0.4, 0.5) is 11.4 Å². The van der Waals surface area contributed by atoms with Crippen LogP contribution in [0.1, 0.15) is 18.4 Å². The van der Waals surface area contributed by atoms with Crippen molar-refractivity contribution < 1.29 is 4.79 Å². The van der Waals surface area contributed by atoms with Gasteiger partial charge in [0.05, 0.1) is 5.75 Å². The van der Waals surface area contributed by atoms with E-state index in [0.717, 1.165) is 34.4 Å². The van der Waals surface area contributed by atoms with Crippen LogP contribution in [0.15, 0.2) is 52.1 Å². The third-order valence-electron chi connectivity index (χ3n) is 5.07. The molecular formula is C21H23BrN6OS. The summed E-state index contributed by atoms with van der Waals surface area (Å²) in [5, 5.41) is 11.8. The highest BCUT2D eigenvalue weighted by atomic mass is 79.9. The number of hydrogen-bond acceptors (Lipinski definition) is 6. The molecule has 0 saturated carbocycles. The smallest absolute Gasteiger partial charge is 0.234 e. The van der Waals surface area contributed by atoms with Gasteiger partial charge in [0.1, 0.15) is 0 Å². The van der Waals surface area contributed by atoms with E-state index in [4.69, 9.17) is 5.84 Å². The fourth-order valence-electron chi connectivity index (χ4n) is 3.48. The highest BCUT2D eigenvalue weighted by Gasteiger charge is 2.17. The van der Waals surface area contributed by atoms with Gasteiger partial charge in [0.25, 0.3) is 0 Å². The maximum Gasteiger partial charge on any atom is 0.234 e. The quantitative estimate of drug-likeness (QED) is 0.403. The number of anilines is 2. The molecule has 0 aliphatic carbocycles. The van der Waals surface area contributed by atoms with Crippen molar-refractivity contribution in [2.75, 3.05) is 34.9 Å². The molecule has 2 aromatic carbocycles. The van der Waals surface area contributed by atoms with Gasteiger partial charge in [-0.3, -0.25) is 4.79 Å². The number of aromatic nitrogens is 3. The molecule has 156 valence electrons. The van der Waals surface area contributed by atoms with Crippen molar-refractivity contribution in [1.82, 2.24) is 14.9 Å². The number of amides is 1. The number of hydrogen-bond donors (Lipinski definition) is 2. The molecule has 9 heteroatoms. The predicted octanol–water partition coefficient (Wildman–Crippen LogP) is 4.06. The van der Waals surface area contributed by atoms with Crippen LogP contribution in [-0.2, 0) is 4.79 Å². The van der Waals surface area contributed by atoms with E-state index in [-0.39, 0.29) is 11.7 Å². The standard InChI is InChI=1S/C21H23BrN6OS/c1-14-12-15(27-10-4-5-11-27)8-9-18(14)24-19(29)13-30-21-26-25-20(28(21)23)16-6-2-3-7-17(16)22/h2-3,6-9,12H,4-5,10-11,13,23H2,1H3,(H,24,29). The molecule has 1 aliphatic heterocycles. The number of carbonyl (C=O) groups is 1. The average molecular weight is 487 g/mol. The summed E-state index contributed by atoms with van der Waals surface area (Å²) < 4.78 is 2.29. The SMILES string of the molecule is Cc1cc(N2CCCC2)ccc1NC(=O)CSc1nnc(-c2ccccc2Br)n1N. The monoisotopic (exact) mass is 486 g/mol. The third-order valence-corrected chi connectivity index (χ3v) is 6.70. The fourth-order valence-corrected chi connectivity index (χ4v) is 4.60. The number of aryl methyl sites for hydroxylation is 1. The number of halogens is 1. The zero-order valence-electron chi connectivity index (χ0n) is 16.6. The lowest BCUT2D eigenvalue weighted by Crippen LogP contribution is -2.19. The van der Waals surface area contributed by atoms with Gasteiger partial charge in [-0.25, -0.2) is 4.68 Å². The number of rotatable bonds is 6. The van der Waals surface area contributed by atoms with Crippen molar-refractivity contribution in [3.05, 3.63) is 52.5 Å². The number of nitrogens with zero attached hydrogens (tertiary/aromatic N) is 4. The maximum absolute atomic E-state index is 12.5. The molecule has 1 amide bonds. The molecular weight excluding hydrogens is 464 g/mol. The van der Waals surface area contributed by atoms with Crippen LogP contribution in [-0.4, -0.2) is 39.6 Å². The van der Waals surface area contributed by atoms with Crippen LogP contribution < -0.4 is 16.1 Å². The van der Waals surface area contributed by atoms with Gasteiger partial charge in [0.2, 0.25) is 11.1 Å². The molecule has 1 aliphatic rings. The van der Waals surface area contributed by atoms with E-state index >= 15 is 0 Å². The topological polar surface area (TPSA) is 89.1 Å². The van der Waals surface area contributed by atoms with E-state index in [1.54, 1.807) is 0 Å². The summed E-state index contributed by atoms with van der Waals surface area (Å²) in [5.41, 5.74) is 3.94. The van der Waals surface area contributed by atoms with Crippen molar-refractivity contribution >= 4 is 45.0 Å². The summed E-state index contributed by atoms with van der Waals surface area (Å²) in [4.78, 5) is 14.9. The van der Waals surface area contributed by atoms with Gasteiger partial charge >= 0.3 is 0 Å². The highest BCUT2D eigenvalue weighted by Crippen LogP contribution is 2.28. The molecule has 4 rings (SSSR count). The Bertz CT molecular complexity index is 1060. The lowest BCUT2D eigenvalue weighted by Gasteiger charge is -2.19. The van der Waals surface area contributed by atoms with Gasteiger partial charge in [-0.1, -0.05) is 39.8 Å². The Balaban J connectivity index is 1.38. The number of thioether (sulfide) groups is 1. The lowest BCUT2D eigenvalue weighted by molar-refractivity contribution is -0.113. The van der Waals surface area contributed by atoms with Crippen LogP contribution in [0.5, 0.6) is 0 Å². The van der Waals surface area contributed by atoms with Crippen molar-refractivity contribution in [2.24, 2.45) is 0 Å². The van der Waals surface area contributed by atoms with E-state index in [0.29, 0.717) is 11.0 Å². The molecule has 2 heterocycles. The van der Waals surface area contributed by atoms with Gasteiger partial charge < -0.3 is 16.1 Å². The van der Waals surface area contributed by atoms with E-state index in [2.05, 4.69) is 48.5 Å². The van der Waals surface area contributed by atoms with Crippen molar-refractivity contribution in [2.45, 2.75) is 24.9 Å². The fraction of sp³-hybridized carbons (Fsp3) is 0.286. The molecule has 1 fully saturated rings. The summed E-state index contributed by atoms with van der Waals surface area (Å²) in [5.74, 6) is 6.78. The van der Waals surface area contributed by atoms with E-state index in [1.165, 1.54) is 35.0 Å². The second kappa shape index (κ2) is 9.09. The number of nitrogen functional groups attached to an aromatic ring is 1. The molecule has 1 aromatic heterocycles. The third kappa shape index (κ3) is 4.46. The summed E-state index contributed by atoms with van der Waals surface area (Å²) in [6.07, 6.45) is 2.48. The first-order valence-corrected chi connectivity index (χ1v) is 11.5. The zero-order chi connectivity index (χ0) is 21.1. The summed E-state index contributed by atoms with van der Waals surface area (Å²) in [6, 6.07) is 13.8. The molecule has 3 N–H and O–H groups in total. The minimum Gasteiger partial charge on any atom is -0.372 e. The van der Waals surface area contributed by atoms with Crippen LogP contribution >= 0.6 is 27.7 Å². The molecule has 0 unspecified atom stereocenters. The average Bonchev–Trinajstić information content (AvgIpc) is 3.39. The van der Waals surface area contributed by atoms with Gasteiger partial charge in [0, 0.05) is 34.5 Å². The zero-order valence-corrected chi connectivity index (χ0v) is 19.0. The number of nitrogens with two attached hydrogens (primary N) is 1. The van der Waals surface area contributed by atoms with Crippen molar-refractivity contribution in [3.63, 3.8) is 0 Å². The van der Waals surface area contributed by atoms with E-state index in [1.807, 2.05) is 37.3 Å². The van der Waals surface area contributed by atoms with Crippen LogP contribution in [0.25, 0.3) is 11.4 Å². The second-order valence-electron chi connectivity index (χ2n) is 7.19. The Morgan fingerprint density at radius 3 is 2.70 bits per heavy atom. The number of nitrogens with one attached hydrogen (secondary N) is 1. The molecule has 1 saturated heterocycles. The molecule has 0 atom stereocenters. The summed E-state index contributed by atoms with van der Waals surface area (Å²) >= 11 is 4.75. The normalized spacial score (nSPS) is 13.6. The first-order valence-electron chi connectivity index (χ1n) is 9.76. The van der Waals surface area contributed by atoms with Crippen LogP contribution in [0.2, 0.25) is 0 Å². The van der Waals surface area contributed by atoms with E-state index in [9.17, 15) is 4.79 Å². The predicted molar refractivity (Wildman–Crippen MR) is 125 cm³/mol. The van der Waals surface area contributed by atoms with Gasteiger partial charge in [-0.15, -0.1) is 10.2 Å². The van der Waals surface area contributed by atoms with Gasteiger partial charge in [0.15, 0.2) is 5.82 Å². The van der Waals surface area contributed by atoms with Gasteiger partial charge in [-0.2, -0.15) is 0 Å². The maximum atomic E-state index is 12.5. The number of carbonyl (C=O) groups excluding carboxylic acids is 1. The first-order chi connectivity index (χ1) is 14.5. The first kappa shape index (κ1) is 20.7. The van der Waals surface area contributed by atoms with Gasteiger partial charge in [-0.05, 0) is 55.7 Å². The van der Waals surface area contributed by atoms with Crippen LogP contribution in [0, 0.1) is 6.92 Å². The minimum absolute atomic E-state index is 0.109. The Hall–Kier alpha value is -2.52. The second-order valence-corrected chi connectivity index (χ2v) is 8.98. The Labute approximate surface area is 188 Å². The van der Waals surface area contributed by atoms with Crippen LogP contribution in [0.3, 0.4) is 0 Å². The molecule has 0 spiro atoms. The lowest BCUT2D eigenvalue weighted by atomic mass is 10.1. The summed E-state index contributed by atoms with van der Waals surface area (Å²) in [7, 11) is 0. The Kier molecular flexibility index (Phi) is 6.29. The van der Waals surface area contributed by atoms with Crippen molar-refractivity contribution in [1.29, 1.82) is 0 Å². The van der Waals surface area contributed by atoms with E-state index < -0.39 is 0 Å². The molecule has 0 bridgehead atoms. The van der Waals surface area contributed by atoms with Crippen molar-refractivity contribution in [3.8, 4) is 11.4 Å². The highest BCUT2D eigenvalue weighted by molar-refractivity contribution is 9.10. The Morgan fingerprint density at radius 1 is 1.20 bits per heavy atom. The molecule has 0 radical (unpaired) electrons. The summed E-state index contributed by atoms with van der Waals surface area (Å²) in [6.45, 7) is 4.22. The Morgan fingerprint density at radius 2 is 1.97 bits per heavy atom. The number of benzene rings is 2. The molecule has 30 heavy (non-hydrogen) atoms.